The van der Waals surface area contributed by atoms with Gasteiger partial charge in [-0.1, -0.05) is 30.3 Å². The summed E-state index contributed by atoms with van der Waals surface area (Å²) in [6.07, 6.45) is 0.109. The van der Waals surface area contributed by atoms with Gasteiger partial charge in [0, 0.05) is 31.9 Å². The fourth-order valence-corrected chi connectivity index (χ4v) is 4.05. The van der Waals surface area contributed by atoms with Crippen molar-refractivity contribution in [3.63, 3.8) is 0 Å². The van der Waals surface area contributed by atoms with Crippen LogP contribution >= 0.6 is 0 Å². The minimum Gasteiger partial charge on any atom is -0.373 e. The summed E-state index contributed by atoms with van der Waals surface area (Å²) in [7, 11) is 0. The predicted molar refractivity (Wildman–Crippen MR) is 96.6 cm³/mol. The lowest BCUT2D eigenvalue weighted by atomic mass is 10.1. The molecule has 2 atom stereocenters. The third kappa shape index (κ3) is 3.22. The zero-order valence-corrected chi connectivity index (χ0v) is 14.9. The minimum absolute atomic E-state index is 0.0864. The summed E-state index contributed by atoms with van der Waals surface area (Å²) in [4.78, 5) is 20.5. The van der Waals surface area contributed by atoms with Gasteiger partial charge in [-0.25, -0.2) is 0 Å². The van der Waals surface area contributed by atoms with Gasteiger partial charge in [0.05, 0.1) is 18.8 Å². The van der Waals surface area contributed by atoms with Crippen molar-refractivity contribution in [2.75, 3.05) is 26.2 Å². The Kier molecular flexibility index (Phi) is 4.36. The summed E-state index contributed by atoms with van der Waals surface area (Å²) in [6.45, 7) is 7.93. The van der Waals surface area contributed by atoms with Crippen LogP contribution in [0.5, 0.6) is 0 Å². The van der Waals surface area contributed by atoms with Crippen molar-refractivity contribution in [2.24, 2.45) is 0 Å². The van der Waals surface area contributed by atoms with Gasteiger partial charge in [-0.05, 0) is 31.0 Å². The number of benzene rings is 1. The number of ether oxygens (including phenoxy) is 1. The molecular formula is C20H25N3O2. The molecule has 132 valence electrons. The molecule has 1 aromatic carbocycles. The Balaban J connectivity index is 1.49. The Labute approximate surface area is 148 Å². The molecule has 2 fully saturated rings. The molecule has 0 unspecified atom stereocenters. The molecule has 0 bridgehead atoms. The molecule has 2 aliphatic rings. The van der Waals surface area contributed by atoms with Gasteiger partial charge in [-0.3, -0.25) is 9.69 Å². The van der Waals surface area contributed by atoms with Gasteiger partial charge >= 0.3 is 0 Å². The number of hydrogen-bond donors (Lipinski definition) is 1. The lowest BCUT2D eigenvalue weighted by molar-refractivity contribution is -0.0503. The number of carbonyl (C=O) groups is 1. The maximum Gasteiger partial charge on any atom is 0.270 e. The second kappa shape index (κ2) is 6.65. The predicted octanol–water partition coefficient (Wildman–Crippen LogP) is 2.36. The van der Waals surface area contributed by atoms with Gasteiger partial charge < -0.3 is 14.6 Å². The van der Waals surface area contributed by atoms with E-state index in [9.17, 15) is 4.79 Å². The van der Waals surface area contributed by atoms with E-state index in [4.69, 9.17) is 4.74 Å². The Bertz CT molecular complexity index is 756. The van der Waals surface area contributed by atoms with Crippen molar-refractivity contribution in [2.45, 2.75) is 32.5 Å². The van der Waals surface area contributed by atoms with Crippen LogP contribution in [-0.4, -0.2) is 59.1 Å². The third-order valence-electron chi connectivity index (χ3n) is 5.30. The number of aryl methyl sites for hydroxylation is 2. The number of rotatable bonds is 3. The highest BCUT2D eigenvalue weighted by atomic mass is 16.5. The maximum absolute atomic E-state index is 12.9. The van der Waals surface area contributed by atoms with Crippen LogP contribution in [0.1, 0.15) is 27.3 Å². The van der Waals surface area contributed by atoms with Crippen LogP contribution in [0.25, 0.3) is 0 Å². The first-order chi connectivity index (χ1) is 12.1. The van der Waals surface area contributed by atoms with Crippen molar-refractivity contribution in [3.05, 3.63) is 58.9 Å². The van der Waals surface area contributed by atoms with Crippen LogP contribution in [0.15, 0.2) is 36.4 Å². The van der Waals surface area contributed by atoms with Crippen LogP contribution < -0.4 is 0 Å². The zero-order valence-electron chi connectivity index (χ0n) is 14.9. The van der Waals surface area contributed by atoms with Crippen LogP contribution in [0.4, 0.5) is 0 Å². The molecular weight excluding hydrogens is 314 g/mol. The number of amides is 1. The van der Waals surface area contributed by atoms with Gasteiger partial charge in [0.25, 0.3) is 5.91 Å². The van der Waals surface area contributed by atoms with E-state index in [2.05, 4.69) is 34.1 Å². The highest BCUT2D eigenvalue weighted by molar-refractivity contribution is 5.94. The molecule has 0 aliphatic carbocycles. The largest absolute Gasteiger partial charge is 0.373 e. The number of fused-ring (bicyclic) bond motifs is 1. The first kappa shape index (κ1) is 16.4. The van der Waals surface area contributed by atoms with E-state index in [-0.39, 0.29) is 18.1 Å². The quantitative estimate of drug-likeness (QED) is 0.934. The summed E-state index contributed by atoms with van der Waals surface area (Å²) in [5.41, 5.74) is 4.06. The Morgan fingerprint density at radius 2 is 2.04 bits per heavy atom. The molecule has 1 aromatic heterocycles. The Hall–Kier alpha value is -2.11. The van der Waals surface area contributed by atoms with Gasteiger partial charge in [-0.2, -0.15) is 0 Å². The smallest absolute Gasteiger partial charge is 0.270 e. The third-order valence-corrected chi connectivity index (χ3v) is 5.30. The van der Waals surface area contributed by atoms with E-state index in [1.807, 2.05) is 30.9 Å². The van der Waals surface area contributed by atoms with E-state index < -0.39 is 0 Å². The topological polar surface area (TPSA) is 48.6 Å². The lowest BCUT2D eigenvalue weighted by Crippen LogP contribution is -2.50. The molecule has 5 heteroatoms. The van der Waals surface area contributed by atoms with E-state index in [1.54, 1.807) is 0 Å². The highest BCUT2D eigenvalue weighted by Gasteiger charge is 2.42. The summed E-state index contributed by atoms with van der Waals surface area (Å²) >= 11 is 0. The first-order valence-corrected chi connectivity index (χ1v) is 8.97. The molecule has 1 amide bonds. The van der Waals surface area contributed by atoms with Crippen LogP contribution in [0, 0.1) is 13.8 Å². The number of H-pyrrole nitrogens is 1. The number of morpholine rings is 1. The number of hydrogen-bond acceptors (Lipinski definition) is 3. The molecule has 1 N–H and O–H groups in total. The number of aromatic nitrogens is 1. The van der Waals surface area contributed by atoms with Gasteiger partial charge in [-0.15, -0.1) is 0 Å². The molecule has 2 aromatic rings. The number of nitrogens with one attached hydrogen (secondary N) is 1. The average Bonchev–Trinajstić information content (AvgIpc) is 3.19. The molecule has 5 nitrogen and oxygen atoms in total. The van der Waals surface area contributed by atoms with Gasteiger partial charge in [0.1, 0.15) is 5.69 Å². The van der Waals surface area contributed by atoms with Crippen LogP contribution in [0.3, 0.4) is 0 Å². The summed E-state index contributed by atoms with van der Waals surface area (Å²) in [5, 5.41) is 0. The maximum atomic E-state index is 12.9. The number of carbonyl (C=O) groups excluding carboxylic acids is 1. The molecule has 3 heterocycles. The summed E-state index contributed by atoms with van der Waals surface area (Å²) in [5.74, 6) is 0.0864. The van der Waals surface area contributed by atoms with Crippen molar-refractivity contribution >= 4 is 5.91 Å². The molecule has 2 saturated heterocycles. The highest BCUT2D eigenvalue weighted by Crippen LogP contribution is 2.26. The second-order valence-corrected chi connectivity index (χ2v) is 7.15. The van der Waals surface area contributed by atoms with Crippen molar-refractivity contribution in [1.29, 1.82) is 0 Å². The van der Waals surface area contributed by atoms with Crippen LogP contribution in [-0.2, 0) is 11.3 Å². The Morgan fingerprint density at radius 1 is 1.24 bits per heavy atom. The van der Waals surface area contributed by atoms with E-state index >= 15 is 0 Å². The number of aromatic amines is 1. The molecule has 25 heavy (non-hydrogen) atoms. The number of likely N-dealkylation sites (tertiary alicyclic amines) is 1. The molecule has 0 radical (unpaired) electrons. The van der Waals surface area contributed by atoms with Gasteiger partial charge in [0.2, 0.25) is 0 Å². The fraction of sp³-hybridized carbons (Fsp3) is 0.450. The first-order valence-electron chi connectivity index (χ1n) is 8.97. The molecule has 0 spiro atoms. The van der Waals surface area contributed by atoms with Gasteiger partial charge in [0.15, 0.2) is 0 Å². The molecule has 4 rings (SSSR count). The van der Waals surface area contributed by atoms with Crippen molar-refractivity contribution in [1.82, 2.24) is 14.8 Å². The summed E-state index contributed by atoms with van der Waals surface area (Å²) in [6, 6.07) is 12.8. The zero-order chi connectivity index (χ0) is 17.4. The van der Waals surface area contributed by atoms with E-state index in [0.29, 0.717) is 12.2 Å². The second-order valence-electron chi connectivity index (χ2n) is 7.15. The average molecular weight is 339 g/mol. The normalized spacial score (nSPS) is 23.7. The fourth-order valence-electron chi connectivity index (χ4n) is 4.05. The summed E-state index contributed by atoms with van der Waals surface area (Å²) < 4.78 is 5.98. The number of nitrogens with zero attached hydrogens (tertiary/aromatic N) is 2. The molecule has 0 saturated carbocycles. The minimum atomic E-state index is 0.0864. The standard InChI is InChI=1S/C20H25N3O2/c1-14-10-15(2)21-19(14)20(24)23-12-17-18(13-23)25-9-8-22(17)11-16-6-4-3-5-7-16/h3-7,10,17-18,21H,8-9,11-13H2,1-2H3/t17-,18+/m0/s1. The lowest BCUT2D eigenvalue weighted by Gasteiger charge is -2.36. The van der Waals surface area contributed by atoms with E-state index in [1.165, 1.54) is 5.56 Å². The monoisotopic (exact) mass is 339 g/mol. The van der Waals surface area contributed by atoms with Crippen LogP contribution in [0.2, 0.25) is 0 Å². The molecule has 2 aliphatic heterocycles. The SMILES string of the molecule is Cc1cc(C)c(C(=O)N2C[C@H]3OCCN(Cc4ccccc4)[C@H]3C2)[nH]1. The van der Waals surface area contributed by atoms with E-state index in [0.717, 1.165) is 37.5 Å². The Morgan fingerprint density at radius 3 is 2.76 bits per heavy atom. The van der Waals surface area contributed by atoms with Crippen molar-refractivity contribution < 1.29 is 9.53 Å². The van der Waals surface area contributed by atoms with Crippen molar-refractivity contribution in [3.8, 4) is 0 Å².